The van der Waals surface area contributed by atoms with Crippen molar-refractivity contribution < 1.29 is 4.74 Å². The topological polar surface area (TPSA) is 42.1 Å². The van der Waals surface area contributed by atoms with E-state index in [1.165, 1.54) is 0 Å². The van der Waals surface area contributed by atoms with Crippen molar-refractivity contribution >= 4 is 22.5 Å². The lowest BCUT2D eigenvalue weighted by molar-refractivity contribution is 0.419. The first kappa shape index (κ1) is 10.1. The first-order valence-electron chi connectivity index (χ1n) is 4.50. The predicted molar refractivity (Wildman–Crippen MR) is 60.9 cm³/mol. The van der Waals surface area contributed by atoms with Gasteiger partial charge in [-0.25, -0.2) is 0 Å². The summed E-state index contributed by atoms with van der Waals surface area (Å²) < 4.78 is 5.16. The van der Waals surface area contributed by atoms with Gasteiger partial charge in [-0.3, -0.25) is 4.79 Å². The van der Waals surface area contributed by atoms with Crippen LogP contribution in [0.1, 0.15) is 5.69 Å². The fraction of sp³-hybridized carbons (Fsp3) is 0.182. The molecule has 0 spiro atoms. The van der Waals surface area contributed by atoms with Crippen molar-refractivity contribution in [2.45, 2.75) is 6.92 Å². The maximum atomic E-state index is 11.8. The normalized spacial score (nSPS) is 10.6. The van der Waals surface area contributed by atoms with Crippen LogP contribution in [0.5, 0.6) is 5.75 Å². The molecule has 0 aliphatic rings. The number of aromatic amines is 1. The molecule has 0 bridgehead atoms. The predicted octanol–water partition coefficient (Wildman–Crippen LogP) is 2.50. The molecule has 78 valence electrons. The van der Waals surface area contributed by atoms with Gasteiger partial charge in [-0.05, 0) is 19.1 Å². The summed E-state index contributed by atoms with van der Waals surface area (Å²) in [7, 11) is 1.57. The summed E-state index contributed by atoms with van der Waals surface area (Å²) in [5.41, 5.74) is 1.17. The number of aryl methyl sites for hydroxylation is 1. The Kier molecular flexibility index (Phi) is 2.40. The van der Waals surface area contributed by atoms with E-state index in [2.05, 4.69) is 4.98 Å². The zero-order chi connectivity index (χ0) is 11.0. The van der Waals surface area contributed by atoms with E-state index in [9.17, 15) is 4.79 Å². The van der Waals surface area contributed by atoms with E-state index in [0.717, 1.165) is 0 Å². The number of pyridine rings is 1. The summed E-state index contributed by atoms with van der Waals surface area (Å²) in [4.78, 5) is 14.9. The molecule has 1 N–H and O–H groups in total. The number of benzene rings is 1. The maximum absolute atomic E-state index is 11.8. The number of nitrogens with one attached hydrogen (secondary N) is 1. The lowest BCUT2D eigenvalue weighted by Crippen LogP contribution is -2.06. The summed E-state index contributed by atoms with van der Waals surface area (Å²) in [6, 6.07) is 5.29. The highest BCUT2D eigenvalue weighted by Crippen LogP contribution is 2.23. The van der Waals surface area contributed by atoms with E-state index in [0.29, 0.717) is 22.3 Å². The summed E-state index contributed by atoms with van der Waals surface area (Å²) in [5, 5.41) is 0.778. The lowest BCUT2D eigenvalue weighted by atomic mass is 10.2. The van der Waals surface area contributed by atoms with Gasteiger partial charge in [0.1, 0.15) is 10.8 Å². The summed E-state index contributed by atoms with van der Waals surface area (Å²) in [5.74, 6) is 0.643. The molecule has 0 amide bonds. The van der Waals surface area contributed by atoms with E-state index in [-0.39, 0.29) is 10.5 Å². The third-order valence-electron chi connectivity index (χ3n) is 2.33. The molecule has 0 aliphatic heterocycles. The smallest absolute Gasteiger partial charge is 0.208 e. The van der Waals surface area contributed by atoms with Crippen LogP contribution >= 0.6 is 11.6 Å². The number of fused-ring (bicyclic) bond motifs is 1. The van der Waals surface area contributed by atoms with Gasteiger partial charge in [0.15, 0.2) is 0 Å². The van der Waals surface area contributed by atoms with Gasteiger partial charge in [0, 0.05) is 5.69 Å². The van der Waals surface area contributed by atoms with Crippen LogP contribution in [0.4, 0.5) is 0 Å². The van der Waals surface area contributed by atoms with Gasteiger partial charge in [-0.1, -0.05) is 17.7 Å². The number of ether oxygens (including phenoxy) is 1. The van der Waals surface area contributed by atoms with Crippen molar-refractivity contribution in [3.05, 3.63) is 39.1 Å². The van der Waals surface area contributed by atoms with Gasteiger partial charge < -0.3 is 9.72 Å². The van der Waals surface area contributed by atoms with Gasteiger partial charge >= 0.3 is 0 Å². The number of H-pyrrole nitrogens is 1. The minimum atomic E-state index is -0.165. The van der Waals surface area contributed by atoms with Crippen LogP contribution in [-0.4, -0.2) is 12.1 Å². The number of aromatic nitrogens is 1. The van der Waals surface area contributed by atoms with Crippen LogP contribution in [0.15, 0.2) is 23.0 Å². The molecule has 0 fully saturated rings. The molecule has 3 nitrogen and oxygen atoms in total. The second-order valence-corrected chi connectivity index (χ2v) is 3.65. The molecule has 2 rings (SSSR count). The molecule has 0 unspecified atom stereocenters. The van der Waals surface area contributed by atoms with E-state index >= 15 is 0 Å². The standard InChI is InChI=1S/C11H10ClNO2/c1-6-9(12)11(14)7-4-3-5-8(15-2)10(7)13-6/h3-5H,1-2H3,(H,13,14). The van der Waals surface area contributed by atoms with Crippen LogP contribution in [-0.2, 0) is 0 Å². The maximum Gasteiger partial charge on any atom is 0.208 e. The van der Waals surface area contributed by atoms with Gasteiger partial charge in [0.2, 0.25) is 5.43 Å². The molecule has 0 saturated heterocycles. The highest BCUT2D eigenvalue weighted by Gasteiger charge is 2.09. The van der Waals surface area contributed by atoms with Crippen molar-refractivity contribution in [2.24, 2.45) is 0 Å². The van der Waals surface area contributed by atoms with Crippen molar-refractivity contribution in [1.82, 2.24) is 4.98 Å². The monoisotopic (exact) mass is 223 g/mol. The van der Waals surface area contributed by atoms with Crippen LogP contribution in [0, 0.1) is 6.92 Å². The molecule has 4 heteroatoms. The molecular formula is C11H10ClNO2. The first-order chi connectivity index (χ1) is 7.15. The van der Waals surface area contributed by atoms with Crippen LogP contribution in [0.2, 0.25) is 5.02 Å². The van der Waals surface area contributed by atoms with E-state index in [4.69, 9.17) is 16.3 Å². The van der Waals surface area contributed by atoms with Gasteiger partial charge in [-0.15, -0.1) is 0 Å². The molecule has 0 atom stereocenters. The molecule has 15 heavy (non-hydrogen) atoms. The minimum Gasteiger partial charge on any atom is -0.495 e. The van der Waals surface area contributed by atoms with Crippen molar-refractivity contribution in [3.8, 4) is 5.75 Å². The zero-order valence-electron chi connectivity index (χ0n) is 8.43. The van der Waals surface area contributed by atoms with Crippen molar-refractivity contribution in [2.75, 3.05) is 7.11 Å². The third-order valence-corrected chi connectivity index (χ3v) is 2.79. The fourth-order valence-corrected chi connectivity index (χ4v) is 1.70. The van der Waals surface area contributed by atoms with E-state index < -0.39 is 0 Å². The van der Waals surface area contributed by atoms with Gasteiger partial charge in [0.05, 0.1) is 18.0 Å². The van der Waals surface area contributed by atoms with Crippen molar-refractivity contribution in [3.63, 3.8) is 0 Å². The highest BCUT2D eigenvalue weighted by atomic mass is 35.5. The molecular weight excluding hydrogens is 214 g/mol. The largest absolute Gasteiger partial charge is 0.495 e. The Morgan fingerprint density at radius 2 is 2.13 bits per heavy atom. The van der Waals surface area contributed by atoms with E-state index in [1.807, 2.05) is 0 Å². The number of methoxy groups -OCH3 is 1. The Morgan fingerprint density at radius 1 is 1.40 bits per heavy atom. The highest BCUT2D eigenvalue weighted by molar-refractivity contribution is 6.31. The molecule has 0 aliphatic carbocycles. The van der Waals surface area contributed by atoms with Crippen LogP contribution in [0.3, 0.4) is 0 Å². The molecule has 1 aromatic carbocycles. The van der Waals surface area contributed by atoms with Crippen LogP contribution in [0.25, 0.3) is 10.9 Å². The fourth-order valence-electron chi connectivity index (χ4n) is 1.55. The number of para-hydroxylation sites is 1. The number of halogens is 1. The summed E-state index contributed by atoms with van der Waals surface area (Å²) >= 11 is 5.87. The van der Waals surface area contributed by atoms with Crippen molar-refractivity contribution in [1.29, 1.82) is 0 Å². The Bertz CT molecular complexity index is 575. The minimum absolute atomic E-state index is 0.165. The van der Waals surface area contributed by atoms with Crippen LogP contribution < -0.4 is 10.2 Å². The average Bonchev–Trinajstić information content (AvgIpc) is 2.25. The number of hydrogen-bond donors (Lipinski definition) is 1. The first-order valence-corrected chi connectivity index (χ1v) is 4.88. The Labute approximate surface area is 91.6 Å². The van der Waals surface area contributed by atoms with Gasteiger partial charge in [0.25, 0.3) is 0 Å². The second kappa shape index (κ2) is 3.59. The number of hydrogen-bond acceptors (Lipinski definition) is 2. The molecule has 1 aromatic heterocycles. The van der Waals surface area contributed by atoms with Gasteiger partial charge in [-0.2, -0.15) is 0 Å². The molecule has 0 saturated carbocycles. The molecule has 1 heterocycles. The third kappa shape index (κ3) is 1.49. The summed E-state index contributed by atoms with van der Waals surface area (Å²) in [6.45, 7) is 1.76. The Morgan fingerprint density at radius 3 is 2.80 bits per heavy atom. The summed E-state index contributed by atoms with van der Waals surface area (Å²) in [6.07, 6.45) is 0. The lowest BCUT2D eigenvalue weighted by Gasteiger charge is -2.06. The Hall–Kier alpha value is -1.48. The second-order valence-electron chi connectivity index (χ2n) is 3.28. The average molecular weight is 224 g/mol. The quantitative estimate of drug-likeness (QED) is 0.807. The Balaban J connectivity index is 2.98. The molecule has 2 aromatic rings. The van der Waals surface area contributed by atoms with E-state index in [1.54, 1.807) is 32.2 Å². The number of rotatable bonds is 1. The SMILES string of the molecule is COc1cccc2c(=O)c(Cl)c(C)[nH]c12. The molecule has 0 radical (unpaired) electrons. The zero-order valence-corrected chi connectivity index (χ0v) is 9.18.